The van der Waals surface area contributed by atoms with Crippen molar-refractivity contribution in [2.24, 2.45) is 5.92 Å². The zero-order valence-electron chi connectivity index (χ0n) is 16.7. The molecule has 154 valence electrons. The molecular formula is C25H24BrClN2O. The van der Waals surface area contributed by atoms with E-state index in [4.69, 9.17) is 11.6 Å². The number of allylic oxidation sites excluding steroid dienone is 2. The van der Waals surface area contributed by atoms with Crippen LogP contribution in [0.25, 0.3) is 11.6 Å². The fourth-order valence-corrected chi connectivity index (χ4v) is 5.50. The maximum atomic E-state index is 13.5. The molecule has 3 heterocycles. The summed E-state index contributed by atoms with van der Waals surface area (Å²) in [4.78, 5) is 15.9. The minimum atomic E-state index is 0.0607. The quantitative estimate of drug-likeness (QED) is 0.637. The van der Waals surface area contributed by atoms with Crippen LogP contribution in [0, 0.1) is 5.92 Å². The Morgan fingerprint density at radius 3 is 2.57 bits per heavy atom. The topological polar surface area (TPSA) is 32.3 Å². The number of fused-ring (bicyclic) bond motifs is 4. The van der Waals surface area contributed by atoms with E-state index >= 15 is 0 Å². The Balaban J connectivity index is 1.44. The predicted molar refractivity (Wildman–Crippen MR) is 126 cm³/mol. The van der Waals surface area contributed by atoms with Crippen LogP contribution in [-0.2, 0) is 11.2 Å². The number of hydrogen-bond acceptors (Lipinski definition) is 2. The summed E-state index contributed by atoms with van der Waals surface area (Å²) < 4.78 is 1.04. The molecule has 0 radical (unpaired) electrons. The average molecular weight is 484 g/mol. The van der Waals surface area contributed by atoms with Crippen LogP contribution < -0.4 is 5.32 Å². The lowest BCUT2D eigenvalue weighted by Gasteiger charge is -2.45. The van der Waals surface area contributed by atoms with Crippen molar-refractivity contribution in [2.75, 3.05) is 19.6 Å². The smallest absolute Gasteiger partial charge is 0.252 e. The molecule has 1 amide bonds. The van der Waals surface area contributed by atoms with E-state index in [1.54, 1.807) is 0 Å². The minimum Gasteiger partial charge on any atom is -0.348 e. The van der Waals surface area contributed by atoms with Crippen molar-refractivity contribution in [1.82, 2.24) is 10.2 Å². The fraction of sp³-hybridized carbons (Fsp3) is 0.320. The van der Waals surface area contributed by atoms with Gasteiger partial charge in [-0.05, 0) is 84.8 Å². The van der Waals surface area contributed by atoms with Crippen LogP contribution >= 0.6 is 27.5 Å². The molecule has 1 N–H and O–H groups in total. The predicted octanol–water partition coefficient (Wildman–Crippen LogP) is 5.34. The highest BCUT2D eigenvalue weighted by molar-refractivity contribution is 9.10. The summed E-state index contributed by atoms with van der Waals surface area (Å²) in [7, 11) is 0. The van der Waals surface area contributed by atoms with Crippen molar-refractivity contribution in [3.8, 4) is 0 Å². The fourth-order valence-electron chi connectivity index (χ4n) is 4.97. The Bertz CT molecular complexity index is 1040. The monoisotopic (exact) mass is 482 g/mol. The van der Waals surface area contributed by atoms with Crippen LogP contribution in [0.2, 0.25) is 5.02 Å². The third kappa shape index (κ3) is 4.01. The zero-order valence-corrected chi connectivity index (χ0v) is 19.0. The van der Waals surface area contributed by atoms with E-state index in [9.17, 15) is 4.79 Å². The summed E-state index contributed by atoms with van der Waals surface area (Å²) in [5, 5.41) is 4.11. The van der Waals surface area contributed by atoms with Gasteiger partial charge in [-0.2, -0.15) is 0 Å². The van der Waals surface area contributed by atoms with E-state index in [-0.39, 0.29) is 11.9 Å². The van der Waals surface area contributed by atoms with Gasteiger partial charge in [0.25, 0.3) is 5.91 Å². The highest BCUT2D eigenvalue weighted by Gasteiger charge is 2.36. The van der Waals surface area contributed by atoms with Crippen molar-refractivity contribution in [2.45, 2.75) is 25.3 Å². The number of hydrogen-bond donors (Lipinski definition) is 1. The molecule has 3 nitrogen and oxygen atoms in total. The van der Waals surface area contributed by atoms with Gasteiger partial charge < -0.3 is 10.2 Å². The molecule has 2 bridgehead atoms. The summed E-state index contributed by atoms with van der Waals surface area (Å²) in [6.07, 6.45) is 7.30. The number of piperidine rings is 3. The largest absolute Gasteiger partial charge is 0.348 e. The molecule has 0 aromatic heterocycles. The first-order valence-corrected chi connectivity index (χ1v) is 11.7. The molecule has 3 aliphatic heterocycles. The molecule has 1 unspecified atom stereocenters. The van der Waals surface area contributed by atoms with Crippen molar-refractivity contribution in [3.05, 3.63) is 80.3 Å². The van der Waals surface area contributed by atoms with Gasteiger partial charge in [-0.15, -0.1) is 0 Å². The molecular weight excluding hydrogens is 460 g/mol. The SMILES string of the molecule is O=C(NC1CN2CCC1CC2)C1=C(/C=C/c2ccc(Cl)cc2)Cc2cc(Br)ccc21. The molecule has 0 saturated carbocycles. The molecule has 3 fully saturated rings. The number of nitrogens with zero attached hydrogens (tertiary/aromatic N) is 1. The van der Waals surface area contributed by atoms with Crippen LogP contribution in [0.4, 0.5) is 0 Å². The summed E-state index contributed by atoms with van der Waals surface area (Å²) in [6.45, 7) is 3.32. The molecule has 3 saturated heterocycles. The van der Waals surface area contributed by atoms with Gasteiger partial charge in [-0.25, -0.2) is 0 Å². The van der Waals surface area contributed by atoms with E-state index < -0.39 is 0 Å². The lowest BCUT2D eigenvalue weighted by atomic mass is 9.84. The lowest BCUT2D eigenvalue weighted by Crippen LogP contribution is -2.57. The number of carbonyl (C=O) groups excluding carboxylic acids is 1. The second-order valence-corrected chi connectivity index (χ2v) is 9.83. The van der Waals surface area contributed by atoms with Crippen molar-refractivity contribution >= 4 is 45.1 Å². The second kappa shape index (κ2) is 8.33. The molecule has 1 aliphatic carbocycles. The highest BCUT2D eigenvalue weighted by atomic mass is 79.9. The van der Waals surface area contributed by atoms with Crippen molar-refractivity contribution in [3.63, 3.8) is 0 Å². The Kier molecular flexibility index (Phi) is 5.57. The number of halogens is 2. The standard InChI is InChI=1S/C25H24BrClN2O/c26-20-5-8-22-19(14-20)13-18(4-1-16-2-6-21(27)7-3-16)24(22)25(30)28-23-15-29-11-9-17(23)10-12-29/h1-8,14,17,23H,9-13,15H2,(H,28,30)/b4-1+. The van der Waals surface area contributed by atoms with Crippen molar-refractivity contribution in [1.29, 1.82) is 0 Å². The molecule has 4 aliphatic rings. The average Bonchev–Trinajstić information content (AvgIpc) is 3.11. The third-order valence-corrected chi connectivity index (χ3v) is 7.33. The van der Waals surface area contributed by atoms with E-state index in [1.165, 1.54) is 31.5 Å². The van der Waals surface area contributed by atoms with Gasteiger partial charge in [-0.1, -0.05) is 57.9 Å². The second-order valence-electron chi connectivity index (χ2n) is 8.48. The number of rotatable bonds is 4. The molecule has 5 heteroatoms. The van der Waals surface area contributed by atoms with E-state index in [2.05, 4.69) is 50.4 Å². The first kappa shape index (κ1) is 20.0. The molecule has 0 spiro atoms. The lowest BCUT2D eigenvalue weighted by molar-refractivity contribution is -0.117. The molecule has 2 aromatic rings. The van der Waals surface area contributed by atoms with Crippen LogP contribution in [0.15, 0.2) is 58.6 Å². The first-order chi connectivity index (χ1) is 14.6. The Morgan fingerprint density at radius 1 is 1.10 bits per heavy atom. The van der Waals surface area contributed by atoms with Crippen LogP contribution in [0.5, 0.6) is 0 Å². The number of benzene rings is 2. The maximum Gasteiger partial charge on any atom is 0.252 e. The van der Waals surface area contributed by atoms with Crippen LogP contribution in [0.3, 0.4) is 0 Å². The number of amides is 1. The van der Waals surface area contributed by atoms with Gasteiger partial charge in [0.2, 0.25) is 0 Å². The summed E-state index contributed by atoms with van der Waals surface area (Å²) in [5.41, 5.74) is 5.20. The first-order valence-electron chi connectivity index (χ1n) is 10.6. The van der Waals surface area contributed by atoms with Gasteiger partial charge >= 0.3 is 0 Å². The zero-order chi connectivity index (χ0) is 20.7. The van der Waals surface area contributed by atoms with E-state index in [0.717, 1.165) is 44.7 Å². The van der Waals surface area contributed by atoms with Gasteiger partial charge in [-0.3, -0.25) is 4.79 Å². The van der Waals surface area contributed by atoms with Crippen LogP contribution in [0.1, 0.15) is 29.5 Å². The summed E-state index contributed by atoms with van der Waals surface area (Å²) >= 11 is 9.58. The molecule has 1 atom stereocenters. The van der Waals surface area contributed by atoms with E-state index in [0.29, 0.717) is 5.92 Å². The summed E-state index contributed by atoms with van der Waals surface area (Å²) in [5.74, 6) is 0.670. The Hall–Kier alpha value is -1.88. The Labute approximate surface area is 190 Å². The van der Waals surface area contributed by atoms with Gasteiger partial charge in [0.1, 0.15) is 0 Å². The van der Waals surface area contributed by atoms with Crippen LogP contribution in [-0.4, -0.2) is 36.5 Å². The molecule has 6 rings (SSSR count). The summed E-state index contributed by atoms with van der Waals surface area (Å²) in [6, 6.07) is 14.2. The van der Waals surface area contributed by atoms with Gasteiger partial charge in [0, 0.05) is 22.1 Å². The third-order valence-electron chi connectivity index (χ3n) is 6.59. The van der Waals surface area contributed by atoms with Gasteiger partial charge in [0.05, 0.1) is 5.57 Å². The molecule has 2 aromatic carbocycles. The normalized spacial score (nSPS) is 25.1. The van der Waals surface area contributed by atoms with E-state index in [1.807, 2.05) is 30.3 Å². The van der Waals surface area contributed by atoms with Crippen molar-refractivity contribution < 1.29 is 4.79 Å². The number of carbonyl (C=O) groups is 1. The Morgan fingerprint density at radius 2 is 1.87 bits per heavy atom. The molecule has 30 heavy (non-hydrogen) atoms. The highest BCUT2D eigenvalue weighted by Crippen LogP contribution is 2.36. The van der Waals surface area contributed by atoms with Gasteiger partial charge in [0.15, 0.2) is 0 Å². The minimum absolute atomic E-state index is 0.0607. The maximum absolute atomic E-state index is 13.5. The number of nitrogens with one attached hydrogen (secondary N) is 1.